The smallest absolute Gasteiger partial charge is 0.336 e. The molecule has 4 aromatic rings. The number of sulfonamides is 1. The molecule has 0 aliphatic heterocycles. The van der Waals surface area contributed by atoms with Crippen molar-refractivity contribution in [3.63, 3.8) is 0 Å². The van der Waals surface area contributed by atoms with Crippen LogP contribution in [0, 0.1) is 11.3 Å². The Morgan fingerprint density at radius 3 is 2.66 bits per heavy atom. The minimum Gasteiger partial charge on any atom is -0.422 e. The monoisotopic (exact) mass is 446 g/mol. The van der Waals surface area contributed by atoms with E-state index >= 15 is 0 Å². The zero-order chi connectivity index (χ0) is 22.7. The number of carbonyl (C=O) groups is 1. The molecule has 0 saturated heterocycles. The minimum atomic E-state index is -4.13. The summed E-state index contributed by atoms with van der Waals surface area (Å²) in [6, 6.07) is 18.2. The van der Waals surface area contributed by atoms with Gasteiger partial charge < -0.3 is 9.73 Å². The van der Waals surface area contributed by atoms with Gasteiger partial charge in [-0.2, -0.15) is 13.7 Å². The third-order valence-corrected chi connectivity index (χ3v) is 5.71. The van der Waals surface area contributed by atoms with Crippen LogP contribution >= 0.6 is 0 Å². The molecule has 0 fully saturated rings. The van der Waals surface area contributed by atoms with Crippen LogP contribution in [0.4, 0.5) is 11.4 Å². The van der Waals surface area contributed by atoms with Gasteiger partial charge in [0.2, 0.25) is 0 Å². The summed E-state index contributed by atoms with van der Waals surface area (Å²) in [4.78, 5) is 28.2. The standard InChI is InChI=1S/C22H14N4O5S/c23-13-15-4-1-2-7-18(15)26-32(29,30)19-12-16(10-11-24-19)25-22(28)17-6-3-5-14-8-9-20(27)31-21(14)17/h1-12,26H,(H,24,25,28). The van der Waals surface area contributed by atoms with Crippen LogP contribution < -0.4 is 15.7 Å². The van der Waals surface area contributed by atoms with Crippen molar-refractivity contribution in [3.05, 3.63) is 94.5 Å². The number of hydrogen-bond donors (Lipinski definition) is 2. The Morgan fingerprint density at radius 2 is 1.84 bits per heavy atom. The van der Waals surface area contributed by atoms with E-state index in [2.05, 4.69) is 15.0 Å². The number of pyridine rings is 1. The molecule has 0 atom stereocenters. The molecule has 2 heterocycles. The summed E-state index contributed by atoms with van der Waals surface area (Å²) >= 11 is 0. The minimum absolute atomic E-state index is 0.108. The number of nitrogens with zero attached hydrogens (tertiary/aromatic N) is 2. The molecule has 0 unspecified atom stereocenters. The van der Waals surface area contributed by atoms with Gasteiger partial charge in [0.25, 0.3) is 15.9 Å². The van der Waals surface area contributed by atoms with Crippen molar-refractivity contribution in [2.45, 2.75) is 5.03 Å². The maximum absolute atomic E-state index is 12.8. The summed E-state index contributed by atoms with van der Waals surface area (Å²) in [6.45, 7) is 0. The normalized spacial score (nSPS) is 11.0. The van der Waals surface area contributed by atoms with E-state index in [-0.39, 0.29) is 33.1 Å². The molecule has 0 radical (unpaired) electrons. The second kappa shape index (κ2) is 8.33. The summed E-state index contributed by atoms with van der Waals surface area (Å²) in [5.41, 5.74) is 0.0552. The van der Waals surface area contributed by atoms with Crippen molar-refractivity contribution in [2.75, 3.05) is 10.0 Å². The summed E-state index contributed by atoms with van der Waals surface area (Å²) in [7, 11) is -4.13. The predicted molar refractivity (Wildman–Crippen MR) is 117 cm³/mol. The fraction of sp³-hybridized carbons (Fsp3) is 0. The maximum Gasteiger partial charge on any atom is 0.336 e. The number of fused-ring (bicyclic) bond motifs is 1. The number of carbonyl (C=O) groups excluding carboxylic acids is 1. The topological polar surface area (TPSA) is 142 Å². The highest BCUT2D eigenvalue weighted by Crippen LogP contribution is 2.22. The van der Waals surface area contributed by atoms with Crippen molar-refractivity contribution in [1.82, 2.24) is 4.98 Å². The van der Waals surface area contributed by atoms with Crippen molar-refractivity contribution in [2.24, 2.45) is 0 Å². The van der Waals surface area contributed by atoms with E-state index in [1.807, 2.05) is 6.07 Å². The molecule has 1 amide bonds. The lowest BCUT2D eigenvalue weighted by Gasteiger charge is -2.11. The highest BCUT2D eigenvalue weighted by molar-refractivity contribution is 7.92. The van der Waals surface area contributed by atoms with Crippen molar-refractivity contribution >= 4 is 38.3 Å². The number of nitriles is 1. The number of para-hydroxylation sites is 2. The molecule has 9 nitrogen and oxygen atoms in total. The van der Waals surface area contributed by atoms with Crippen LogP contribution in [0.2, 0.25) is 0 Å². The number of nitrogens with one attached hydrogen (secondary N) is 2. The highest BCUT2D eigenvalue weighted by atomic mass is 32.2. The van der Waals surface area contributed by atoms with Crippen LogP contribution in [-0.2, 0) is 10.0 Å². The number of benzene rings is 2. The van der Waals surface area contributed by atoms with E-state index in [0.29, 0.717) is 5.39 Å². The first kappa shape index (κ1) is 20.8. The SMILES string of the molecule is N#Cc1ccccc1NS(=O)(=O)c1cc(NC(=O)c2cccc3ccc(=O)oc23)ccn1. The first-order chi connectivity index (χ1) is 15.4. The van der Waals surface area contributed by atoms with E-state index in [1.165, 1.54) is 42.6 Å². The second-order valence-corrected chi connectivity index (χ2v) is 8.21. The lowest BCUT2D eigenvalue weighted by atomic mass is 10.1. The molecule has 4 rings (SSSR count). The molecule has 32 heavy (non-hydrogen) atoms. The van der Waals surface area contributed by atoms with Crippen LogP contribution in [0.5, 0.6) is 0 Å². The average molecular weight is 446 g/mol. The van der Waals surface area contributed by atoms with Crippen molar-refractivity contribution in [1.29, 1.82) is 5.26 Å². The van der Waals surface area contributed by atoms with E-state index in [9.17, 15) is 18.0 Å². The lowest BCUT2D eigenvalue weighted by molar-refractivity contribution is 0.102. The Hall–Kier alpha value is -4.49. The largest absolute Gasteiger partial charge is 0.422 e. The van der Waals surface area contributed by atoms with Crippen LogP contribution in [-0.4, -0.2) is 19.3 Å². The van der Waals surface area contributed by atoms with E-state index in [4.69, 9.17) is 9.68 Å². The molecule has 10 heteroatoms. The van der Waals surface area contributed by atoms with Gasteiger partial charge in [-0.05, 0) is 30.3 Å². The number of anilines is 2. The third kappa shape index (κ3) is 4.19. The van der Waals surface area contributed by atoms with Gasteiger partial charge in [-0.1, -0.05) is 24.3 Å². The van der Waals surface area contributed by atoms with Crippen LogP contribution in [0.25, 0.3) is 11.0 Å². The Bertz CT molecular complexity index is 1550. The molecule has 0 bridgehead atoms. The Labute approximate surface area is 182 Å². The highest BCUT2D eigenvalue weighted by Gasteiger charge is 2.19. The zero-order valence-corrected chi connectivity index (χ0v) is 17.1. The number of rotatable bonds is 5. The number of amides is 1. The Kier molecular flexibility index (Phi) is 5.41. The van der Waals surface area contributed by atoms with E-state index in [1.54, 1.807) is 30.3 Å². The van der Waals surface area contributed by atoms with Gasteiger partial charge in [0, 0.05) is 29.4 Å². The fourth-order valence-electron chi connectivity index (χ4n) is 2.97. The number of hydrogen-bond acceptors (Lipinski definition) is 7. The quantitative estimate of drug-likeness (QED) is 0.449. The predicted octanol–water partition coefficient (Wildman–Crippen LogP) is 3.11. The molecule has 158 valence electrons. The van der Waals surface area contributed by atoms with Crippen LogP contribution in [0.3, 0.4) is 0 Å². The molecular formula is C22H14N4O5S. The summed E-state index contributed by atoms with van der Waals surface area (Å²) in [5, 5.41) is 11.9. The molecule has 2 aromatic heterocycles. The zero-order valence-electron chi connectivity index (χ0n) is 16.3. The first-order valence-electron chi connectivity index (χ1n) is 9.19. The molecule has 2 aromatic carbocycles. The first-order valence-corrected chi connectivity index (χ1v) is 10.7. The summed E-state index contributed by atoms with van der Waals surface area (Å²) < 4.78 is 33.0. The van der Waals surface area contributed by atoms with E-state index < -0.39 is 21.6 Å². The number of aromatic nitrogens is 1. The molecular weight excluding hydrogens is 432 g/mol. The fourth-order valence-corrected chi connectivity index (χ4v) is 4.02. The van der Waals surface area contributed by atoms with Gasteiger partial charge in [0.05, 0.1) is 16.8 Å². The average Bonchev–Trinajstić information content (AvgIpc) is 2.79. The Morgan fingerprint density at radius 1 is 1.03 bits per heavy atom. The van der Waals surface area contributed by atoms with Gasteiger partial charge in [-0.15, -0.1) is 0 Å². The molecule has 0 aliphatic carbocycles. The second-order valence-electron chi connectivity index (χ2n) is 6.58. The van der Waals surface area contributed by atoms with Gasteiger partial charge in [-0.3, -0.25) is 9.52 Å². The van der Waals surface area contributed by atoms with Gasteiger partial charge in [-0.25, -0.2) is 9.78 Å². The summed E-state index contributed by atoms with van der Waals surface area (Å²) in [5.74, 6) is -0.595. The summed E-state index contributed by atoms with van der Waals surface area (Å²) in [6.07, 6.45) is 1.23. The van der Waals surface area contributed by atoms with Crippen LogP contribution in [0.1, 0.15) is 15.9 Å². The maximum atomic E-state index is 12.8. The van der Waals surface area contributed by atoms with Crippen molar-refractivity contribution in [3.8, 4) is 6.07 Å². The molecule has 0 saturated carbocycles. The molecule has 0 aliphatic rings. The van der Waals surface area contributed by atoms with E-state index in [0.717, 1.165) is 0 Å². The lowest BCUT2D eigenvalue weighted by Crippen LogP contribution is -2.17. The van der Waals surface area contributed by atoms with Gasteiger partial charge in [0.1, 0.15) is 6.07 Å². The van der Waals surface area contributed by atoms with Crippen LogP contribution in [0.15, 0.2) is 87.2 Å². The van der Waals surface area contributed by atoms with Crippen molar-refractivity contribution < 1.29 is 17.6 Å². The molecule has 0 spiro atoms. The van der Waals surface area contributed by atoms with Gasteiger partial charge >= 0.3 is 5.63 Å². The molecule has 2 N–H and O–H groups in total. The van der Waals surface area contributed by atoms with Gasteiger partial charge in [0.15, 0.2) is 10.6 Å². The Balaban J connectivity index is 1.63. The third-order valence-electron chi connectivity index (χ3n) is 4.45.